The van der Waals surface area contributed by atoms with E-state index in [9.17, 15) is 14.7 Å². The van der Waals surface area contributed by atoms with Gasteiger partial charge in [0, 0.05) is 31.3 Å². The quantitative estimate of drug-likeness (QED) is 0.616. The predicted octanol–water partition coefficient (Wildman–Crippen LogP) is 0.936. The minimum absolute atomic E-state index is 0.0478. The lowest BCUT2D eigenvalue weighted by Gasteiger charge is -2.17. The monoisotopic (exact) mass is 280 g/mol. The smallest absolute Gasteiger partial charge is 0.339 e. The standard InChI is InChI=1S/C13H16N2O5/c16-7-8-3-4-15(6-8)13(20)14-9-1-2-11(17)10(5-9)12(18)19/h1-2,5,8,16-17H,3-4,6-7H2,(H,14,20)(H,18,19). The number of phenols is 1. The Morgan fingerprint density at radius 1 is 1.40 bits per heavy atom. The Morgan fingerprint density at radius 3 is 2.75 bits per heavy atom. The first-order valence-electron chi connectivity index (χ1n) is 6.24. The van der Waals surface area contributed by atoms with E-state index in [-0.39, 0.29) is 29.9 Å². The number of carbonyl (C=O) groups excluding carboxylic acids is 1. The fraction of sp³-hybridized carbons (Fsp3) is 0.385. The van der Waals surface area contributed by atoms with Gasteiger partial charge in [-0.25, -0.2) is 9.59 Å². The van der Waals surface area contributed by atoms with Crippen molar-refractivity contribution in [3.63, 3.8) is 0 Å². The highest BCUT2D eigenvalue weighted by Gasteiger charge is 2.25. The Hall–Kier alpha value is -2.28. The molecule has 20 heavy (non-hydrogen) atoms. The van der Waals surface area contributed by atoms with E-state index < -0.39 is 5.97 Å². The zero-order valence-electron chi connectivity index (χ0n) is 10.7. The Kier molecular flexibility index (Phi) is 4.09. The molecular formula is C13H16N2O5. The van der Waals surface area contributed by atoms with Crippen LogP contribution in [0.3, 0.4) is 0 Å². The summed E-state index contributed by atoms with van der Waals surface area (Å²) in [6, 6.07) is 3.51. The Morgan fingerprint density at radius 2 is 2.15 bits per heavy atom. The van der Waals surface area contributed by atoms with Gasteiger partial charge in [-0.1, -0.05) is 0 Å². The average molecular weight is 280 g/mol. The summed E-state index contributed by atoms with van der Waals surface area (Å²) in [5, 5.41) is 29.9. The van der Waals surface area contributed by atoms with E-state index in [0.717, 1.165) is 6.42 Å². The lowest BCUT2D eigenvalue weighted by molar-refractivity contribution is 0.0693. The number of aromatic hydroxyl groups is 1. The number of benzene rings is 1. The van der Waals surface area contributed by atoms with Crippen LogP contribution in [0.4, 0.5) is 10.5 Å². The molecule has 2 amide bonds. The number of aliphatic hydroxyl groups excluding tert-OH is 1. The van der Waals surface area contributed by atoms with Crippen LogP contribution in [0.5, 0.6) is 5.75 Å². The molecule has 1 unspecified atom stereocenters. The number of carboxylic acids is 1. The molecule has 7 nitrogen and oxygen atoms in total. The number of anilines is 1. The van der Waals surface area contributed by atoms with Gasteiger partial charge >= 0.3 is 12.0 Å². The van der Waals surface area contributed by atoms with Crippen molar-refractivity contribution in [2.75, 3.05) is 25.0 Å². The van der Waals surface area contributed by atoms with Gasteiger partial charge in [0.15, 0.2) is 0 Å². The minimum atomic E-state index is -1.26. The third kappa shape index (κ3) is 3.00. The number of hydrogen-bond donors (Lipinski definition) is 4. The van der Waals surface area contributed by atoms with Crippen molar-refractivity contribution in [3.8, 4) is 5.75 Å². The van der Waals surface area contributed by atoms with Gasteiger partial charge in [0.1, 0.15) is 11.3 Å². The summed E-state index contributed by atoms with van der Waals surface area (Å²) < 4.78 is 0. The van der Waals surface area contributed by atoms with Crippen LogP contribution < -0.4 is 5.32 Å². The Bertz CT molecular complexity index is 531. The molecule has 1 aliphatic rings. The summed E-state index contributed by atoms with van der Waals surface area (Å²) in [6.45, 7) is 1.08. The van der Waals surface area contributed by atoms with Crippen LogP contribution in [0.1, 0.15) is 16.8 Å². The molecule has 1 saturated heterocycles. The third-order valence-corrected chi connectivity index (χ3v) is 3.31. The number of urea groups is 1. The molecule has 1 aromatic rings. The number of amides is 2. The highest BCUT2D eigenvalue weighted by molar-refractivity contribution is 5.95. The molecule has 4 N–H and O–H groups in total. The van der Waals surface area contributed by atoms with E-state index in [2.05, 4.69) is 5.32 Å². The van der Waals surface area contributed by atoms with E-state index in [0.29, 0.717) is 18.8 Å². The highest BCUT2D eigenvalue weighted by atomic mass is 16.4. The zero-order chi connectivity index (χ0) is 14.7. The van der Waals surface area contributed by atoms with Crippen molar-refractivity contribution in [1.82, 2.24) is 4.90 Å². The first-order valence-corrected chi connectivity index (χ1v) is 6.24. The number of aliphatic hydroxyl groups is 1. The van der Waals surface area contributed by atoms with Gasteiger partial charge in [0.25, 0.3) is 0 Å². The van der Waals surface area contributed by atoms with Gasteiger partial charge in [-0.2, -0.15) is 0 Å². The predicted molar refractivity (Wildman–Crippen MR) is 70.9 cm³/mol. The first kappa shape index (κ1) is 14.1. The average Bonchev–Trinajstić information content (AvgIpc) is 2.89. The van der Waals surface area contributed by atoms with Gasteiger partial charge in [0.2, 0.25) is 0 Å². The molecule has 1 fully saturated rings. The van der Waals surface area contributed by atoms with Crippen LogP contribution in [0.15, 0.2) is 18.2 Å². The molecule has 0 radical (unpaired) electrons. The summed E-state index contributed by atoms with van der Waals surface area (Å²) in [6.07, 6.45) is 0.750. The van der Waals surface area contributed by atoms with Crippen LogP contribution in [-0.4, -0.2) is 51.9 Å². The Labute approximate surface area is 115 Å². The summed E-state index contributed by atoms with van der Waals surface area (Å²) in [5.41, 5.74) is 0.0371. The summed E-state index contributed by atoms with van der Waals surface area (Å²) in [7, 11) is 0. The molecule has 0 aliphatic carbocycles. The van der Waals surface area contributed by atoms with E-state index in [4.69, 9.17) is 10.2 Å². The number of carbonyl (C=O) groups is 2. The molecule has 1 heterocycles. The van der Waals surface area contributed by atoms with Crippen LogP contribution in [0.25, 0.3) is 0 Å². The number of rotatable bonds is 3. The van der Waals surface area contributed by atoms with Crippen molar-refractivity contribution in [1.29, 1.82) is 0 Å². The van der Waals surface area contributed by atoms with E-state index in [1.54, 1.807) is 4.90 Å². The van der Waals surface area contributed by atoms with Crippen molar-refractivity contribution < 1.29 is 24.9 Å². The largest absolute Gasteiger partial charge is 0.507 e. The number of nitrogens with zero attached hydrogens (tertiary/aromatic N) is 1. The van der Waals surface area contributed by atoms with Gasteiger partial charge in [-0.15, -0.1) is 0 Å². The molecule has 0 aromatic heterocycles. The van der Waals surface area contributed by atoms with Gasteiger partial charge in [-0.3, -0.25) is 0 Å². The number of likely N-dealkylation sites (tertiary alicyclic amines) is 1. The molecule has 108 valence electrons. The lowest BCUT2D eigenvalue weighted by atomic mass is 10.1. The molecule has 0 bridgehead atoms. The SMILES string of the molecule is O=C(O)c1cc(NC(=O)N2CCC(CO)C2)ccc1O. The van der Waals surface area contributed by atoms with Crippen molar-refractivity contribution >= 4 is 17.7 Å². The second-order valence-electron chi connectivity index (χ2n) is 4.75. The summed E-state index contributed by atoms with van der Waals surface area (Å²) in [4.78, 5) is 24.4. The van der Waals surface area contributed by atoms with Crippen LogP contribution in [0, 0.1) is 5.92 Å². The maximum Gasteiger partial charge on any atom is 0.339 e. The third-order valence-electron chi connectivity index (χ3n) is 3.31. The molecule has 2 rings (SSSR count). The normalized spacial score (nSPS) is 18.1. The van der Waals surface area contributed by atoms with Crippen LogP contribution in [0.2, 0.25) is 0 Å². The number of aromatic carboxylic acids is 1. The summed E-state index contributed by atoms with van der Waals surface area (Å²) >= 11 is 0. The summed E-state index contributed by atoms with van der Waals surface area (Å²) in [5.74, 6) is -1.52. The van der Waals surface area contributed by atoms with E-state index in [1.807, 2.05) is 0 Å². The van der Waals surface area contributed by atoms with Gasteiger partial charge in [-0.05, 0) is 24.6 Å². The van der Waals surface area contributed by atoms with E-state index in [1.165, 1.54) is 18.2 Å². The van der Waals surface area contributed by atoms with Crippen molar-refractivity contribution in [2.24, 2.45) is 5.92 Å². The molecule has 1 atom stereocenters. The highest BCUT2D eigenvalue weighted by Crippen LogP contribution is 2.22. The van der Waals surface area contributed by atoms with Gasteiger partial charge in [0.05, 0.1) is 0 Å². The number of nitrogens with one attached hydrogen (secondary N) is 1. The van der Waals surface area contributed by atoms with Crippen molar-refractivity contribution in [2.45, 2.75) is 6.42 Å². The molecule has 0 spiro atoms. The molecule has 1 aromatic carbocycles. The molecule has 0 saturated carbocycles. The fourth-order valence-corrected chi connectivity index (χ4v) is 2.15. The second kappa shape index (κ2) is 5.79. The van der Waals surface area contributed by atoms with Crippen LogP contribution in [-0.2, 0) is 0 Å². The van der Waals surface area contributed by atoms with E-state index >= 15 is 0 Å². The molecule has 7 heteroatoms. The minimum Gasteiger partial charge on any atom is -0.507 e. The first-order chi connectivity index (χ1) is 9.51. The zero-order valence-corrected chi connectivity index (χ0v) is 10.7. The molecule has 1 aliphatic heterocycles. The maximum atomic E-state index is 12.0. The second-order valence-corrected chi connectivity index (χ2v) is 4.75. The number of carboxylic acid groups (broad SMARTS) is 1. The topological polar surface area (TPSA) is 110 Å². The van der Waals surface area contributed by atoms with Crippen molar-refractivity contribution in [3.05, 3.63) is 23.8 Å². The van der Waals surface area contributed by atoms with Crippen LogP contribution >= 0.6 is 0 Å². The molecular weight excluding hydrogens is 264 g/mol. The number of hydrogen-bond acceptors (Lipinski definition) is 4. The Balaban J connectivity index is 2.05. The maximum absolute atomic E-state index is 12.0. The fourth-order valence-electron chi connectivity index (χ4n) is 2.15. The van der Waals surface area contributed by atoms with Gasteiger partial charge < -0.3 is 25.5 Å². The lowest BCUT2D eigenvalue weighted by Crippen LogP contribution is -2.33.